The number of benzene rings is 1. The van der Waals surface area contributed by atoms with Crippen molar-refractivity contribution in [2.75, 3.05) is 5.32 Å². The van der Waals surface area contributed by atoms with Crippen LogP contribution in [0.15, 0.2) is 42.7 Å². The van der Waals surface area contributed by atoms with Gasteiger partial charge in [-0.05, 0) is 35.9 Å². The second-order valence-electron chi connectivity index (χ2n) is 4.57. The third-order valence-corrected chi connectivity index (χ3v) is 3.22. The van der Waals surface area contributed by atoms with Gasteiger partial charge in [-0.2, -0.15) is 0 Å². The van der Waals surface area contributed by atoms with Gasteiger partial charge in [-0.15, -0.1) is 0 Å². The second-order valence-corrected chi connectivity index (χ2v) is 4.57. The number of anilines is 1. The van der Waals surface area contributed by atoms with Gasteiger partial charge < -0.3 is 15.4 Å². The van der Waals surface area contributed by atoms with E-state index in [1.54, 1.807) is 12.4 Å². The standard InChI is InChI=1S/C15H12FN3O2/c16-12-4-3-9(15(20)21)6-13(12)18-7-10-8-19-14-11(10)2-1-5-17-14/h1-6,8,18H,7H2,(H,17,19)(H,20,21). The summed E-state index contributed by atoms with van der Waals surface area (Å²) in [6, 6.07) is 7.40. The van der Waals surface area contributed by atoms with Crippen LogP contribution in [0, 0.1) is 5.82 Å². The highest BCUT2D eigenvalue weighted by molar-refractivity contribution is 5.88. The summed E-state index contributed by atoms with van der Waals surface area (Å²) < 4.78 is 13.7. The molecule has 106 valence electrons. The summed E-state index contributed by atoms with van der Waals surface area (Å²) in [6.45, 7) is 0.367. The predicted molar refractivity (Wildman–Crippen MR) is 76.8 cm³/mol. The summed E-state index contributed by atoms with van der Waals surface area (Å²) in [4.78, 5) is 18.1. The largest absolute Gasteiger partial charge is 0.478 e. The molecule has 0 aliphatic carbocycles. The van der Waals surface area contributed by atoms with Crippen molar-refractivity contribution in [2.45, 2.75) is 6.54 Å². The Kier molecular flexibility index (Phi) is 3.27. The Labute approximate surface area is 119 Å². The molecule has 0 aliphatic heterocycles. The number of aromatic amines is 1. The molecule has 0 unspecified atom stereocenters. The number of carboxylic acid groups (broad SMARTS) is 1. The van der Waals surface area contributed by atoms with Gasteiger partial charge in [0.15, 0.2) is 0 Å². The van der Waals surface area contributed by atoms with Crippen LogP contribution in [0.25, 0.3) is 11.0 Å². The number of carboxylic acids is 1. The Morgan fingerprint density at radius 1 is 1.38 bits per heavy atom. The first-order valence-corrected chi connectivity index (χ1v) is 6.33. The van der Waals surface area contributed by atoms with E-state index in [4.69, 9.17) is 5.11 Å². The fourth-order valence-electron chi connectivity index (χ4n) is 2.14. The lowest BCUT2D eigenvalue weighted by molar-refractivity contribution is 0.0697. The molecule has 21 heavy (non-hydrogen) atoms. The first-order valence-electron chi connectivity index (χ1n) is 6.33. The molecule has 0 aliphatic rings. The van der Waals surface area contributed by atoms with Gasteiger partial charge >= 0.3 is 5.97 Å². The van der Waals surface area contributed by atoms with Crippen molar-refractivity contribution in [3.05, 3.63) is 59.7 Å². The molecule has 3 N–H and O–H groups in total. The highest BCUT2D eigenvalue weighted by Gasteiger charge is 2.09. The summed E-state index contributed by atoms with van der Waals surface area (Å²) in [5, 5.41) is 12.8. The molecule has 0 fully saturated rings. The van der Waals surface area contributed by atoms with E-state index >= 15 is 0 Å². The Morgan fingerprint density at radius 3 is 3.05 bits per heavy atom. The van der Waals surface area contributed by atoms with Gasteiger partial charge in [-0.1, -0.05) is 0 Å². The molecular formula is C15H12FN3O2. The molecule has 0 radical (unpaired) electrons. The molecule has 1 aromatic carbocycles. The molecule has 0 saturated carbocycles. The van der Waals surface area contributed by atoms with Crippen LogP contribution in [-0.4, -0.2) is 21.0 Å². The van der Waals surface area contributed by atoms with Gasteiger partial charge in [0.1, 0.15) is 11.5 Å². The minimum absolute atomic E-state index is 0.0412. The lowest BCUT2D eigenvalue weighted by atomic mass is 10.1. The van der Waals surface area contributed by atoms with Crippen LogP contribution in [0.4, 0.5) is 10.1 Å². The van der Waals surface area contributed by atoms with Gasteiger partial charge in [0.05, 0.1) is 11.3 Å². The zero-order valence-corrected chi connectivity index (χ0v) is 10.9. The molecule has 3 aromatic rings. The van der Waals surface area contributed by atoms with Gasteiger partial charge in [-0.25, -0.2) is 14.2 Å². The minimum Gasteiger partial charge on any atom is -0.478 e. The number of aromatic nitrogens is 2. The van der Waals surface area contributed by atoms with Gasteiger partial charge in [0.25, 0.3) is 0 Å². The van der Waals surface area contributed by atoms with Crippen molar-refractivity contribution in [3.63, 3.8) is 0 Å². The second kappa shape index (κ2) is 5.24. The van der Waals surface area contributed by atoms with E-state index in [9.17, 15) is 9.18 Å². The predicted octanol–water partition coefficient (Wildman–Crippen LogP) is 3.01. The summed E-state index contributed by atoms with van der Waals surface area (Å²) in [6.07, 6.45) is 3.48. The molecule has 6 heteroatoms. The summed E-state index contributed by atoms with van der Waals surface area (Å²) in [7, 11) is 0. The van der Waals surface area contributed by atoms with Crippen molar-refractivity contribution in [2.24, 2.45) is 0 Å². The number of hydrogen-bond acceptors (Lipinski definition) is 3. The van der Waals surface area contributed by atoms with E-state index in [1.165, 1.54) is 12.1 Å². The molecule has 0 spiro atoms. The Hall–Kier alpha value is -2.89. The smallest absolute Gasteiger partial charge is 0.335 e. The van der Waals surface area contributed by atoms with Crippen molar-refractivity contribution >= 4 is 22.7 Å². The van der Waals surface area contributed by atoms with Crippen molar-refractivity contribution in [1.82, 2.24) is 9.97 Å². The average molecular weight is 285 g/mol. The van der Waals surface area contributed by atoms with E-state index in [1.807, 2.05) is 12.1 Å². The van der Waals surface area contributed by atoms with Crippen molar-refractivity contribution in [3.8, 4) is 0 Å². The first kappa shape index (κ1) is 13.1. The minimum atomic E-state index is -1.09. The number of nitrogens with zero attached hydrogens (tertiary/aromatic N) is 1. The lowest BCUT2D eigenvalue weighted by Crippen LogP contribution is -2.04. The summed E-state index contributed by atoms with van der Waals surface area (Å²) in [5.41, 5.74) is 1.89. The summed E-state index contributed by atoms with van der Waals surface area (Å²) >= 11 is 0. The molecule has 3 rings (SSSR count). The molecular weight excluding hydrogens is 273 g/mol. The fourth-order valence-corrected chi connectivity index (χ4v) is 2.14. The number of rotatable bonds is 4. The number of halogens is 1. The van der Waals surface area contributed by atoms with Crippen molar-refractivity contribution in [1.29, 1.82) is 0 Å². The zero-order chi connectivity index (χ0) is 14.8. The molecule has 2 heterocycles. The number of H-pyrrole nitrogens is 1. The SMILES string of the molecule is O=C(O)c1ccc(F)c(NCc2c[nH]c3ncccc23)c1. The lowest BCUT2D eigenvalue weighted by Gasteiger charge is -2.08. The van der Waals surface area contributed by atoms with E-state index in [-0.39, 0.29) is 11.3 Å². The number of carbonyl (C=O) groups is 1. The number of nitrogens with one attached hydrogen (secondary N) is 2. The highest BCUT2D eigenvalue weighted by atomic mass is 19.1. The Morgan fingerprint density at radius 2 is 2.24 bits per heavy atom. The third kappa shape index (κ3) is 2.55. The molecule has 5 nitrogen and oxygen atoms in total. The summed E-state index contributed by atoms with van der Waals surface area (Å²) in [5.74, 6) is -1.58. The van der Waals surface area contributed by atoms with Crippen LogP contribution >= 0.6 is 0 Å². The van der Waals surface area contributed by atoms with Crippen LogP contribution in [0.5, 0.6) is 0 Å². The van der Waals surface area contributed by atoms with Crippen LogP contribution in [0.1, 0.15) is 15.9 Å². The molecule has 0 atom stereocenters. The van der Waals surface area contributed by atoms with Crippen LogP contribution < -0.4 is 5.32 Å². The maximum atomic E-state index is 13.7. The molecule has 0 saturated heterocycles. The van der Waals surface area contributed by atoms with Crippen molar-refractivity contribution < 1.29 is 14.3 Å². The number of aromatic carboxylic acids is 1. The van der Waals surface area contributed by atoms with E-state index < -0.39 is 11.8 Å². The highest BCUT2D eigenvalue weighted by Crippen LogP contribution is 2.20. The number of fused-ring (bicyclic) bond motifs is 1. The van der Waals surface area contributed by atoms with Crippen LogP contribution in [0.2, 0.25) is 0 Å². The first-order chi connectivity index (χ1) is 10.1. The van der Waals surface area contributed by atoms with Gasteiger partial charge in [-0.3, -0.25) is 0 Å². The van der Waals surface area contributed by atoms with Crippen LogP contribution in [-0.2, 0) is 6.54 Å². The van der Waals surface area contributed by atoms with Gasteiger partial charge in [0, 0.05) is 24.3 Å². The fraction of sp³-hybridized carbons (Fsp3) is 0.0667. The van der Waals surface area contributed by atoms with Crippen LogP contribution in [0.3, 0.4) is 0 Å². The third-order valence-electron chi connectivity index (χ3n) is 3.22. The van der Waals surface area contributed by atoms with E-state index in [0.717, 1.165) is 22.7 Å². The maximum absolute atomic E-state index is 13.7. The normalized spacial score (nSPS) is 10.7. The zero-order valence-electron chi connectivity index (χ0n) is 10.9. The average Bonchev–Trinajstić information content (AvgIpc) is 2.89. The Bertz CT molecular complexity index is 814. The quantitative estimate of drug-likeness (QED) is 0.688. The monoisotopic (exact) mass is 285 g/mol. The molecule has 0 amide bonds. The van der Waals surface area contributed by atoms with Gasteiger partial charge in [0.2, 0.25) is 0 Å². The topological polar surface area (TPSA) is 78.0 Å². The molecule has 0 bridgehead atoms. The molecule has 2 aromatic heterocycles. The number of pyridine rings is 1. The van der Waals surface area contributed by atoms with E-state index in [2.05, 4.69) is 15.3 Å². The Balaban J connectivity index is 1.84. The van der Waals surface area contributed by atoms with E-state index in [0.29, 0.717) is 6.54 Å². The maximum Gasteiger partial charge on any atom is 0.335 e. The number of hydrogen-bond donors (Lipinski definition) is 3.